The van der Waals surface area contributed by atoms with Crippen molar-refractivity contribution in [3.05, 3.63) is 69.2 Å². The fourth-order valence-electron chi connectivity index (χ4n) is 6.29. The van der Waals surface area contributed by atoms with Crippen molar-refractivity contribution in [3.63, 3.8) is 0 Å². The van der Waals surface area contributed by atoms with E-state index < -0.39 is 17.4 Å². The summed E-state index contributed by atoms with van der Waals surface area (Å²) in [6.45, 7) is 7.51. The predicted molar refractivity (Wildman–Crippen MR) is 160 cm³/mol. The Morgan fingerprint density at radius 2 is 2.05 bits per heavy atom. The highest BCUT2D eigenvalue weighted by Crippen LogP contribution is 2.43. The minimum absolute atomic E-state index is 0.0760. The lowest BCUT2D eigenvalue weighted by molar-refractivity contribution is -0.0514. The number of amides is 1. The first-order valence-corrected chi connectivity index (χ1v) is 14.6. The van der Waals surface area contributed by atoms with Crippen LogP contribution in [-0.4, -0.2) is 72.2 Å². The van der Waals surface area contributed by atoms with Crippen molar-refractivity contribution in [1.29, 1.82) is 0 Å². The molecule has 2 aliphatic rings. The molecule has 4 aromatic rings. The Hall–Kier alpha value is -4.03. The van der Waals surface area contributed by atoms with Gasteiger partial charge < -0.3 is 14.7 Å². The molecule has 2 unspecified atom stereocenters. The van der Waals surface area contributed by atoms with E-state index in [0.29, 0.717) is 43.4 Å². The van der Waals surface area contributed by atoms with Gasteiger partial charge >= 0.3 is 6.09 Å². The molecule has 0 bridgehead atoms. The second-order valence-corrected chi connectivity index (χ2v) is 11.9. The summed E-state index contributed by atoms with van der Waals surface area (Å²) < 4.78 is 24.6. The van der Waals surface area contributed by atoms with Crippen molar-refractivity contribution in [3.8, 4) is 11.3 Å². The monoisotopic (exact) mass is 609 g/mol. The molecular weight excluding hydrogens is 577 g/mol. The zero-order valence-electron chi connectivity index (χ0n) is 24.4. The van der Waals surface area contributed by atoms with E-state index in [2.05, 4.69) is 10.1 Å². The van der Waals surface area contributed by atoms with Crippen LogP contribution in [0.25, 0.3) is 22.2 Å². The van der Waals surface area contributed by atoms with Gasteiger partial charge in [-0.3, -0.25) is 18.9 Å². The molecule has 6 rings (SSSR count). The first kappa shape index (κ1) is 29.1. The molecule has 2 aliphatic heterocycles. The summed E-state index contributed by atoms with van der Waals surface area (Å²) >= 11 is 6.02. The van der Waals surface area contributed by atoms with Crippen molar-refractivity contribution in [2.45, 2.75) is 51.3 Å². The van der Waals surface area contributed by atoms with E-state index in [-0.39, 0.29) is 39.4 Å². The van der Waals surface area contributed by atoms with Gasteiger partial charge in [0.25, 0.3) is 5.56 Å². The molecule has 3 aromatic heterocycles. The number of ether oxygens (including phenoxy) is 1. The Morgan fingerprint density at radius 1 is 1.26 bits per heavy atom. The molecule has 2 fully saturated rings. The number of hydrogen-bond acceptors (Lipinski definition) is 7. The molecule has 3 atom stereocenters. The van der Waals surface area contributed by atoms with Gasteiger partial charge in [0.2, 0.25) is 0 Å². The van der Waals surface area contributed by atoms with Crippen molar-refractivity contribution in [1.82, 2.24) is 29.2 Å². The molecule has 5 heterocycles. The van der Waals surface area contributed by atoms with E-state index in [0.717, 1.165) is 18.4 Å². The zero-order valence-corrected chi connectivity index (χ0v) is 25.2. The highest BCUT2D eigenvalue weighted by molar-refractivity contribution is 6.30. The maximum absolute atomic E-state index is 15.2. The number of hydrogen-bond donors (Lipinski definition) is 1. The zero-order chi connectivity index (χ0) is 30.6. The quantitative estimate of drug-likeness (QED) is 0.326. The Balaban J connectivity index is 1.34. The number of pyridine rings is 1. The highest BCUT2D eigenvalue weighted by Gasteiger charge is 2.53. The Bertz CT molecular complexity index is 1790. The number of rotatable bonds is 6. The molecular formula is C30H33ClFN7O4. The van der Waals surface area contributed by atoms with Gasteiger partial charge in [0.1, 0.15) is 23.6 Å². The number of benzene rings is 1. The third-order valence-electron chi connectivity index (χ3n) is 8.84. The normalized spacial score (nSPS) is 22.2. The van der Waals surface area contributed by atoms with Crippen molar-refractivity contribution in [2.75, 3.05) is 31.1 Å². The van der Waals surface area contributed by atoms with Gasteiger partial charge in [-0.15, -0.1) is 0 Å². The third-order valence-corrected chi connectivity index (χ3v) is 9.07. The molecule has 1 amide bonds. The average Bonchev–Trinajstić information content (AvgIpc) is 3.44. The lowest BCUT2D eigenvalue weighted by Crippen LogP contribution is -2.67. The summed E-state index contributed by atoms with van der Waals surface area (Å²) in [4.78, 5) is 38.1. The highest BCUT2D eigenvalue weighted by atomic mass is 35.5. The summed E-state index contributed by atoms with van der Waals surface area (Å²) in [5.41, 5.74) is 0.808. The number of nitrogens with zero attached hydrogens (tertiary/aromatic N) is 7. The second kappa shape index (κ2) is 10.9. The lowest BCUT2D eigenvalue weighted by atomic mass is 9.78. The predicted octanol–water partition coefficient (Wildman–Crippen LogP) is 4.96. The number of halogens is 2. The van der Waals surface area contributed by atoms with Gasteiger partial charge in [0, 0.05) is 55.1 Å². The van der Waals surface area contributed by atoms with Crippen LogP contribution in [0.2, 0.25) is 5.02 Å². The van der Waals surface area contributed by atoms with Crippen LogP contribution in [0.4, 0.5) is 15.0 Å². The van der Waals surface area contributed by atoms with Crippen LogP contribution in [-0.2, 0) is 11.8 Å². The van der Waals surface area contributed by atoms with Gasteiger partial charge in [-0.1, -0.05) is 24.9 Å². The number of carboxylic acid groups (broad SMARTS) is 1. The molecule has 1 N–H and O–H groups in total. The molecule has 0 radical (unpaired) electrons. The van der Waals surface area contributed by atoms with Crippen LogP contribution in [0.5, 0.6) is 0 Å². The molecule has 0 aliphatic carbocycles. The summed E-state index contributed by atoms with van der Waals surface area (Å²) in [5, 5.41) is 14.7. The van der Waals surface area contributed by atoms with Gasteiger partial charge in [0.15, 0.2) is 0 Å². The van der Waals surface area contributed by atoms with E-state index in [4.69, 9.17) is 21.3 Å². The van der Waals surface area contributed by atoms with Gasteiger partial charge in [0.05, 0.1) is 41.0 Å². The maximum Gasteiger partial charge on any atom is 0.407 e. The molecule has 43 heavy (non-hydrogen) atoms. The number of aromatic nitrogens is 5. The molecule has 13 heteroatoms. The van der Waals surface area contributed by atoms with Crippen LogP contribution in [0.3, 0.4) is 0 Å². The summed E-state index contributed by atoms with van der Waals surface area (Å²) in [6, 6.07) is 5.98. The third kappa shape index (κ3) is 4.92. The Kier molecular flexibility index (Phi) is 7.37. The standard InChI is InChI=1S/C30H33ClFN7O4/c1-5-8-30(3)24(16-38(30)29(41)42)39-14-18(13-33-39)23-15-37(9-10-43-23)25-12-22-26(28(40)36(4)17(2)34-22)27(35-25)20-7-6-19(31)11-21(20)32/h6-7,11-14,23-24H,5,8-10,15-16H2,1-4H3,(H,41,42)/t23-,24?,30?/m1/s1. The molecule has 226 valence electrons. The van der Waals surface area contributed by atoms with Gasteiger partial charge in [-0.25, -0.2) is 19.2 Å². The molecule has 0 spiro atoms. The van der Waals surface area contributed by atoms with E-state index >= 15 is 4.39 Å². The Labute approximate surface area is 252 Å². The minimum Gasteiger partial charge on any atom is -0.465 e. The van der Waals surface area contributed by atoms with Crippen LogP contribution in [0.1, 0.15) is 50.2 Å². The van der Waals surface area contributed by atoms with E-state index in [9.17, 15) is 14.7 Å². The first-order valence-electron chi connectivity index (χ1n) is 14.3. The van der Waals surface area contributed by atoms with Crippen molar-refractivity contribution < 1.29 is 19.0 Å². The van der Waals surface area contributed by atoms with E-state index in [1.165, 1.54) is 21.6 Å². The summed E-state index contributed by atoms with van der Waals surface area (Å²) in [6.07, 6.45) is 4.03. The Morgan fingerprint density at radius 3 is 2.77 bits per heavy atom. The van der Waals surface area contributed by atoms with Crippen LogP contribution in [0.15, 0.2) is 41.5 Å². The largest absolute Gasteiger partial charge is 0.465 e. The van der Waals surface area contributed by atoms with Gasteiger partial charge in [-0.05, 0) is 38.5 Å². The van der Waals surface area contributed by atoms with Crippen LogP contribution >= 0.6 is 11.6 Å². The number of carbonyl (C=O) groups is 1. The molecule has 1 aromatic carbocycles. The number of morpholine rings is 1. The smallest absolute Gasteiger partial charge is 0.407 e. The first-order chi connectivity index (χ1) is 20.5. The second-order valence-electron chi connectivity index (χ2n) is 11.4. The lowest BCUT2D eigenvalue weighted by Gasteiger charge is -2.55. The maximum atomic E-state index is 15.2. The number of fused-ring (bicyclic) bond motifs is 1. The fourth-order valence-corrected chi connectivity index (χ4v) is 6.45. The topological polar surface area (TPSA) is 119 Å². The number of aryl methyl sites for hydroxylation is 1. The average molecular weight is 610 g/mol. The van der Waals surface area contributed by atoms with Crippen LogP contribution < -0.4 is 10.5 Å². The van der Waals surface area contributed by atoms with Crippen molar-refractivity contribution in [2.24, 2.45) is 7.05 Å². The molecule has 11 nitrogen and oxygen atoms in total. The minimum atomic E-state index is -0.922. The molecule has 2 saturated heterocycles. The van der Waals surface area contributed by atoms with E-state index in [1.54, 1.807) is 32.3 Å². The van der Waals surface area contributed by atoms with Gasteiger partial charge in [-0.2, -0.15) is 5.10 Å². The number of likely N-dealkylation sites (tertiary alicyclic amines) is 1. The SMILES string of the molecule is CCCC1(C)C(n2cc([C@H]3CN(c4cc5nc(C)n(C)c(=O)c5c(-c5ccc(Cl)cc5F)n4)CCO3)cn2)CN1C(=O)O. The van der Waals surface area contributed by atoms with Crippen LogP contribution in [0, 0.1) is 12.7 Å². The summed E-state index contributed by atoms with van der Waals surface area (Å²) in [7, 11) is 1.63. The van der Waals surface area contributed by atoms with E-state index in [1.807, 2.05) is 29.6 Å². The van der Waals surface area contributed by atoms with Crippen molar-refractivity contribution >= 4 is 34.4 Å². The fraction of sp³-hybridized carbons (Fsp3) is 0.433. The molecule has 0 saturated carbocycles. The number of anilines is 1. The summed E-state index contributed by atoms with van der Waals surface area (Å²) in [5.74, 6) is 0.488.